The maximum atomic E-state index is 5.82. The lowest BCUT2D eigenvalue weighted by atomic mass is 10.4. The predicted molar refractivity (Wildman–Crippen MR) is 69.3 cm³/mol. The second-order valence-electron chi connectivity index (χ2n) is 4.85. The van der Waals surface area contributed by atoms with Gasteiger partial charge < -0.3 is 14.3 Å². The minimum absolute atomic E-state index is 0.721. The SMILES string of the molecule is CCc1nccn1Cc1ccc(CNC2CC2)o1. The third-order valence-electron chi connectivity index (χ3n) is 3.30. The highest BCUT2D eigenvalue weighted by Crippen LogP contribution is 2.20. The minimum atomic E-state index is 0.721. The van der Waals surface area contributed by atoms with Crippen molar-refractivity contribution >= 4 is 0 Å². The van der Waals surface area contributed by atoms with Crippen LogP contribution in [0.3, 0.4) is 0 Å². The first kappa shape index (κ1) is 11.5. The van der Waals surface area contributed by atoms with E-state index in [4.69, 9.17) is 4.42 Å². The van der Waals surface area contributed by atoms with Gasteiger partial charge >= 0.3 is 0 Å². The second-order valence-corrected chi connectivity index (χ2v) is 4.85. The normalized spacial score (nSPS) is 15.2. The molecule has 4 nitrogen and oxygen atoms in total. The van der Waals surface area contributed by atoms with Crippen molar-refractivity contribution in [2.75, 3.05) is 0 Å². The van der Waals surface area contributed by atoms with E-state index >= 15 is 0 Å². The topological polar surface area (TPSA) is 43.0 Å². The highest BCUT2D eigenvalue weighted by atomic mass is 16.3. The van der Waals surface area contributed by atoms with Gasteiger partial charge in [-0.05, 0) is 25.0 Å². The molecule has 1 N–H and O–H groups in total. The lowest BCUT2D eigenvalue weighted by Crippen LogP contribution is -2.14. The van der Waals surface area contributed by atoms with Gasteiger partial charge in [0.25, 0.3) is 0 Å². The Labute approximate surface area is 107 Å². The summed E-state index contributed by atoms with van der Waals surface area (Å²) in [5.41, 5.74) is 0. The zero-order valence-corrected chi connectivity index (χ0v) is 10.7. The number of aromatic nitrogens is 2. The maximum Gasteiger partial charge on any atom is 0.123 e. The first-order valence-corrected chi connectivity index (χ1v) is 6.66. The first-order chi connectivity index (χ1) is 8.85. The third kappa shape index (κ3) is 2.64. The van der Waals surface area contributed by atoms with Crippen molar-refractivity contribution in [1.29, 1.82) is 0 Å². The average molecular weight is 245 g/mol. The fourth-order valence-electron chi connectivity index (χ4n) is 2.10. The monoisotopic (exact) mass is 245 g/mol. The smallest absolute Gasteiger partial charge is 0.123 e. The predicted octanol–water partition coefficient (Wildman–Crippen LogP) is 2.34. The van der Waals surface area contributed by atoms with Gasteiger partial charge in [-0.3, -0.25) is 0 Å². The van der Waals surface area contributed by atoms with Crippen molar-refractivity contribution in [1.82, 2.24) is 14.9 Å². The van der Waals surface area contributed by atoms with Crippen molar-refractivity contribution in [2.45, 2.75) is 45.3 Å². The summed E-state index contributed by atoms with van der Waals surface area (Å²) in [6.07, 6.45) is 7.41. The minimum Gasteiger partial charge on any atom is -0.463 e. The molecule has 1 aliphatic rings. The van der Waals surface area contributed by atoms with Crippen LogP contribution in [0.25, 0.3) is 0 Å². The summed E-state index contributed by atoms with van der Waals surface area (Å²) < 4.78 is 7.96. The van der Waals surface area contributed by atoms with E-state index in [1.807, 2.05) is 12.4 Å². The van der Waals surface area contributed by atoms with E-state index in [1.54, 1.807) is 0 Å². The molecular formula is C14H19N3O. The number of aryl methyl sites for hydroxylation is 1. The van der Waals surface area contributed by atoms with E-state index in [2.05, 4.69) is 33.9 Å². The summed E-state index contributed by atoms with van der Waals surface area (Å²) in [7, 11) is 0. The van der Waals surface area contributed by atoms with E-state index in [-0.39, 0.29) is 0 Å². The molecule has 0 aromatic carbocycles. The van der Waals surface area contributed by atoms with E-state index in [0.29, 0.717) is 0 Å². The molecule has 3 rings (SSSR count). The van der Waals surface area contributed by atoms with Crippen LogP contribution in [0.5, 0.6) is 0 Å². The molecule has 1 fully saturated rings. The van der Waals surface area contributed by atoms with Crippen LogP contribution < -0.4 is 5.32 Å². The molecule has 2 aromatic rings. The molecule has 0 spiro atoms. The molecule has 96 valence electrons. The molecule has 0 atom stereocenters. The standard InChI is InChI=1S/C14H19N3O/c1-2-14-15-7-8-17(14)10-13-6-5-12(18-13)9-16-11-3-4-11/h5-8,11,16H,2-4,9-10H2,1H3. The van der Waals surface area contributed by atoms with Gasteiger partial charge in [-0.2, -0.15) is 0 Å². The molecule has 1 saturated carbocycles. The van der Waals surface area contributed by atoms with E-state index in [0.717, 1.165) is 42.9 Å². The summed E-state index contributed by atoms with van der Waals surface area (Å²) in [4.78, 5) is 4.31. The maximum absolute atomic E-state index is 5.82. The second kappa shape index (κ2) is 4.98. The van der Waals surface area contributed by atoms with Crippen molar-refractivity contribution < 1.29 is 4.42 Å². The Morgan fingerprint density at radius 1 is 1.39 bits per heavy atom. The van der Waals surface area contributed by atoms with Crippen LogP contribution in [0.1, 0.15) is 37.1 Å². The van der Waals surface area contributed by atoms with Gasteiger partial charge in [0.15, 0.2) is 0 Å². The van der Waals surface area contributed by atoms with Gasteiger partial charge in [0.2, 0.25) is 0 Å². The van der Waals surface area contributed by atoms with Crippen molar-refractivity contribution in [3.8, 4) is 0 Å². The molecular weight excluding hydrogens is 226 g/mol. The van der Waals surface area contributed by atoms with Crippen LogP contribution in [0.2, 0.25) is 0 Å². The third-order valence-corrected chi connectivity index (χ3v) is 3.30. The van der Waals surface area contributed by atoms with Crippen LogP contribution in [-0.4, -0.2) is 15.6 Å². The summed E-state index contributed by atoms with van der Waals surface area (Å²) in [6, 6.07) is 4.84. The van der Waals surface area contributed by atoms with Gasteiger partial charge in [-0.1, -0.05) is 6.92 Å². The average Bonchev–Trinajstić information content (AvgIpc) is 2.93. The Hall–Kier alpha value is -1.55. The molecule has 1 aliphatic carbocycles. The van der Waals surface area contributed by atoms with Crippen LogP contribution in [0.4, 0.5) is 0 Å². The van der Waals surface area contributed by atoms with E-state index in [1.165, 1.54) is 12.8 Å². The molecule has 18 heavy (non-hydrogen) atoms. The quantitative estimate of drug-likeness (QED) is 0.849. The fraction of sp³-hybridized carbons (Fsp3) is 0.500. The van der Waals surface area contributed by atoms with Gasteiger partial charge in [0.1, 0.15) is 17.3 Å². The lowest BCUT2D eigenvalue weighted by Gasteiger charge is -2.04. The van der Waals surface area contributed by atoms with Crippen LogP contribution in [0.15, 0.2) is 28.9 Å². The van der Waals surface area contributed by atoms with E-state index in [9.17, 15) is 0 Å². The molecule has 2 aromatic heterocycles. The van der Waals surface area contributed by atoms with Crippen LogP contribution >= 0.6 is 0 Å². The van der Waals surface area contributed by atoms with E-state index < -0.39 is 0 Å². The number of hydrogen-bond donors (Lipinski definition) is 1. The van der Waals surface area contributed by atoms with Crippen LogP contribution in [-0.2, 0) is 19.5 Å². The Balaban J connectivity index is 1.61. The van der Waals surface area contributed by atoms with Crippen molar-refractivity contribution in [3.05, 3.63) is 41.9 Å². The van der Waals surface area contributed by atoms with Crippen LogP contribution in [0, 0.1) is 0 Å². The Morgan fingerprint density at radius 3 is 3.00 bits per heavy atom. The number of furan rings is 1. The molecule has 0 saturated heterocycles. The molecule has 0 aliphatic heterocycles. The number of hydrogen-bond acceptors (Lipinski definition) is 3. The Bertz CT molecular complexity index is 511. The largest absolute Gasteiger partial charge is 0.463 e. The molecule has 2 heterocycles. The number of imidazole rings is 1. The highest BCUT2D eigenvalue weighted by molar-refractivity contribution is 5.09. The summed E-state index contributed by atoms with van der Waals surface area (Å²) in [5.74, 6) is 3.12. The van der Waals surface area contributed by atoms with Gasteiger partial charge in [-0.15, -0.1) is 0 Å². The van der Waals surface area contributed by atoms with Gasteiger partial charge in [0.05, 0.1) is 13.1 Å². The fourth-order valence-corrected chi connectivity index (χ4v) is 2.10. The molecule has 0 amide bonds. The first-order valence-electron chi connectivity index (χ1n) is 6.66. The van der Waals surface area contributed by atoms with Gasteiger partial charge in [-0.25, -0.2) is 4.98 Å². The Kier molecular flexibility index (Phi) is 3.19. The number of rotatable bonds is 6. The molecule has 4 heteroatoms. The van der Waals surface area contributed by atoms with Crippen molar-refractivity contribution in [3.63, 3.8) is 0 Å². The number of nitrogens with zero attached hydrogens (tertiary/aromatic N) is 2. The molecule has 0 radical (unpaired) electrons. The van der Waals surface area contributed by atoms with Crippen molar-refractivity contribution in [2.24, 2.45) is 0 Å². The summed E-state index contributed by atoms with van der Waals surface area (Å²) >= 11 is 0. The number of nitrogens with one attached hydrogen (secondary N) is 1. The molecule has 0 bridgehead atoms. The lowest BCUT2D eigenvalue weighted by molar-refractivity contribution is 0.435. The van der Waals surface area contributed by atoms with Gasteiger partial charge in [0, 0.05) is 24.9 Å². The zero-order chi connectivity index (χ0) is 12.4. The molecule has 0 unspecified atom stereocenters. The summed E-state index contributed by atoms with van der Waals surface area (Å²) in [5, 5.41) is 3.45. The summed E-state index contributed by atoms with van der Waals surface area (Å²) in [6.45, 7) is 3.73. The Morgan fingerprint density at radius 2 is 2.22 bits per heavy atom. The zero-order valence-electron chi connectivity index (χ0n) is 10.7. The highest BCUT2D eigenvalue weighted by Gasteiger charge is 2.20.